The van der Waals surface area contributed by atoms with Crippen molar-refractivity contribution >= 4 is 22.6 Å². The summed E-state index contributed by atoms with van der Waals surface area (Å²) in [7, 11) is 3.30. The average Bonchev–Trinajstić information content (AvgIpc) is 2.66. The predicted molar refractivity (Wildman–Crippen MR) is 102 cm³/mol. The van der Waals surface area contributed by atoms with E-state index < -0.39 is 12.1 Å². The molecule has 3 rings (SSSR count). The summed E-state index contributed by atoms with van der Waals surface area (Å²) in [6, 6.07) is 22.8. The molecule has 0 unspecified atom stereocenters. The lowest BCUT2D eigenvalue weighted by molar-refractivity contribution is -0.159. The molecule has 0 heterocycles. The summed E-state index contributed by atoms with van der Waals surface area (Å²) in [5, 5.41) is 2.09. The number of amides is 1. The molecule has 0 saturated heterocycles. The maximum atomic E-state index is 12.6. The molecule has 0 aliphatic heterocycles. The maximum absolute atomic E-state index is 12.6. The zero-order chi connectivity index (χ0) is 18.5. The van der Waals surface area contributed by atoms with E-state index in [9.17, 15) is 9.59 Å². The van der Waals surface area contributed by atoms with Crippen molar-refractivity contribution in [2.45, 2.75) is 12.5 Å². The van der Waals surface area contributed by atoms with Gasteiger partial charge in [0.25, 0.3) is 5.91 Å². The molecule has 1 atom stereocenters. The van der Waals surface area contributed by atoms with Crippen LogP contribution >= 0.6 is 0 Å². The van der Waals surface area contributed by atoms with Crippen molar-refractivity contribution in [3.8, 4) is 0 Å². The van der Waals surface area contributed by atoms with Crippen molar-refractivity contribution in [2.24, 2.45) is 0 Å². The van der Waals surface area contributed by atoms with Crippen molar-refractivity contribution in [1.82, 2.24) is 4.90 Å². The second-order valence-electron chi connectivity index (χ2n) is 6.33. The summed E-state index contributed by atoms with van der Waals surface area (Å²) in [6.07, 6.45) is -0.820. The number of hydrogen-bond acceptors (Lipinski definition) is 3. The van der Waals surface area contributed by atoms with E-state index >= 15 is 0 Å². The van der Waals surface area contributed by atoms with Crippen molar-refractivity contribution in [3.05, 3.63) is 83.9 Å². The largest absolute Gasteiger partial charge is 0.447 e. The van der Waals surface area contributed by atoms with Crippen LogP contribution in [0.2, 0.25) is 0 Å². The van der Waals surface area contributed by atoms with Gasteiger partial charge in [-0.05, 0) is 16.3 Å². The minimum absolute atomic E-state index is 0.116. The molecule has 3 aromatic carbocycles. The number of likely N-dealkylation sites (N-methyl/N-ethyl adjacent to an activating group) is 1. The number of benzene rings is 3. The number of rotatable bonds is 5. The molecule has 4 nitrogen and oxygen atoms in total. The molecule has 0 bridgehead atoms. The lowest BCUT2D eigenvalue weighted by Crippen LogP contribution is -2.31. The molecule has 0 fully saturated rings. The zero-order valence-corrected chi connectivity index (χ0v) is 14.9. The predicted octanol–water partition coefficient (Wildman–Crippen LogP) is 3.76. The number of nitrogens with zero attached hydrogens (tertiary/aromatic N) is 1. The lowest BCUT2D eigenvalue weighted by Gasteiger charge is -2.21. The molecular formula is C22H21NO3. The van der Waals surface area contributed by atoms with Crippen LogP contribution in [0.5, 0.6) is 0 Å². The van der Waals surface area contributed by atoms with Gasteiger partial charge in [0.1, 0.15) is 0 Å². The molecule has 0 aliphatic carbocycles. The summed E-state index contributed by atoms with van der Waals surface area (Å²) in [5.41, 5.74) is 1.55. The SMILES string of the molecule is CN(C)C(=O)[C@H](OC(=O)Cc1cccc2ccccc12)c1ccccc1. The Bertz CT molecular complexity index is 914. The third-order valence-electron chi connectivity index (χ3n) is 4.23. The number of esters is 1. The van der Waals surface area contributed by atoms with E-state index in [0.717, 1.165) is 16.3 Å². The average molecular weight is 347 g/mol. The fourth-order valence-electron chi connectivity index (χ4n) is 2.90. The van der Waals surface area contributed by atoms with E-state index in [-0.39, 0.29) is 12.3 Å². The topological polar surface area (TPSA) is 46.6 Å². The Morgan fingerprint density at radius 3 is 2.27 bits per heavy atom. The Balaban J connectivity index is 1.83. The van der Waals surface area contributed by atoms with Crippen LogP contribution in [0.1, 0.15) is 17.2 Å². The van der Waals surface area contributed by atoms with Crippen LogP contribution in [0.4, 0.5) is 0 Å². The normalized spacial score (nSPS) is 11.8. The van der Waals surface area contributed by atoms with Crippen molar-refractivity contribution in [2.75, 3.05) is 14.1 Å². The van der Waals surface area contributed by atoms with E-state index in [1.165, 1.54) is 4.90 Å². The second-order valence-corrected chi connectivity index (χ2v) is 6.33. The number of carbonyl (C=O) groups excluding carboxylic acids is 2. The van der Waals surface area contributed by atoms with Crippen LogP contribution < -0.4 is 0 Å². The third kappa shape index (κ3) is 3.91. The number of ether oxygens (including phenoxy) is 1. The van der Waals surface area contributed by atoms with Gasteiger partial charge in [-0.1, -0.05) is 72.8 Å². The minimum Gasteiger partial charge on any atom is -0.447 e. The van der Waals surface area contributed by atoms with Crippen LogP contribution in [-0.2, 0) is 20.7 Å². The van der Waals surface area contributed by atoms with Gasteiger partial charge in [0, 0.05) is 19.7 Å². The Kier molecular flexibility index (Phi) is 5.32. The van der Waals surface area contributed by atoms with Gasteiger partial charge >= 0.3 is 5.97 Å². The monoisotopic (exact) mass is 347 g/mol. The lowest BCUT2D eigenvalue weighted by atomic mass is 10.0. The maximum Gasteiger partial charge on any atom is 0.311 e. The molecule has 4 heteroatoms. The molecule has 0 saturated carbocycles. The first-order valence-corrected chi connectivity index (χ1v) is 8.48. The molecular weight excluding hydrogens is 326 g/mol. The molecule has 3 aromatic rings. The number of carbonyl (C=O) groups is 2. The quantitative estimate of drug-likeness (QED) is 0.660. The summed E-state index contributed by atoms with van der Waals surface area (Å²) in [4.78, 5) is 26.5. The van der Waals surface area contributed by atoms with Gasteiger partial charge in [0.05, 0.1) is 6.42 Å². The first-order valence-electron chi connectivity index (χ1n) is 8.48. The highest BCUT2D eigenvalue weighted by atomic mass is 16.5. The highest BCUT2D eigenvalue weighted by Crippen LogP contribution is 2.23. The third-order valence-corrected chi connectivity index (χ3v) is 4.23. The first kappa shape index (κ1) is 17.7. The van der Waals surface area contributed by atoms with Crippen LogP contribution in [0.25, 0.3) is 10.8 Å². The summed E-state index contributed by atoms with van der Waals surface area (Å²) >= 11 is 0. The Labute approximate surface area is 153 Å². The highest BCUT2D eigenvalue weighted by Gasteiger charge is 2.26. The molecule has 0 aliphatic rings. The second kappa shape index (κ2) is 7.83. The van der Waals surface area contributed by atoms with Crippen LogP contribution in [0, 0.1) is 0 Å². The van der Waals surface area contributed by atoms with Crippen molar-refractivity contribution < 1.29 is 14.3 Å². The fourth-order valence-corrected chi connectivity index (χ4v) is 2.90. The van der Waals surface area contributed by atoms with Gasteiger partial charge in [0.15, 0.2) is 0 Å². The first-order chi connectivity index (χ1) is 12.6. The summed E-state index contributed by atoms with van der Waals surface area (Å²) in [5.74, 6) is -0.687. The van der Waals surface area contributed by atoms with Gasteiger partial charge in [-0.25, -0.2) is 0 Å². The molecule has 0 aromatic heterocycles. The Hall–Kier alpha value is -3.14. The van der Waals surface area contributed by atoms with E-state index in [2.05, 4.69) is 0 Å². The Morgan fingerprint density at radius 1 is 0.885 bits per heavy atom. The van der Waals surface area contributed by atoms with Crippen LogP contribution in [0.3, 0.4) is 0 Å². The summed E-state index contributed by atoms with van der Waals surface area (Å²) < 4.78 is 5.58. The van der Waals surface area contributed by atoms with Gasteiger partial charge in [-0.2, -0.15) is 0 Å². The molecule has 26 heavy (non-hydrogen) atoms. The van der Waals surface area contributed by atoms with Crippen LogP contribution in [0.15, 0.2) is 72.8 Å². The van der Waals surface area contributed by atoms with Crippen molar-refractivity contribution in [1.29, 1.82) is 0 Å². The number of fused-ring (bicyclic) bond motifs is 1. The smallest absolute Gasteiger partial charge is 0.311 e. The van der Waals surface area contributed by atoms with Gasteiger partial charge in [-0.3, -0.25) is 9.59 Å². The van der Waals surface area contributed by atoms with Gasteiger partial charge < -0.3 is 9.64 Å². The molecule has 132 valence electrons. The van der Waals surface area contributed by atoms with Gasteiger partial charge in [-0.15, -0.1) is 0 Å². The van der Waals surface area contributed by atoms with E-state index in [1.54, 1.807) is 26.2 Å². The number of hydrogen-bond donors (Lipinski definition) is 0. The van der Waals surface area contributed by atoms with E-state index in [4.69, 9.17) is 4.74 Å². The Morgan fingerprint density at radius 2 is 1.54 bits per heavy atom. The van der Waals surface area contributed by atoms with E-state index in [1.807, 2.05) is 60.7 Å². The molecule has 1 amide bonds. The van der Waals surface area contributed by atoms with Gasteiger partial charge in [0.2, 0.25) is 6.10 Å². The molecule has 0 radical (unpaired) electrons. The minimum atomic E-state index is -0.936. The standard InChI is InChI=1S/C22H21NO3/c1-23(2)22(25)21(17-10-4-3-5-11-17)26-20(24)15-18-13-8-12-16-9-6-7-14-19(16)18/h3-14,21H,15H2,1-2H3/t21-/m1/s1. The summed E-state index contributed by atoms with van der Waals surface area (Å²) in [6.45, 7) is 0. The van der Waals surface area contributed by atoms with E-state index in [0.29, 0.717) is 5.56 Å². The van der Waals surface area contributed by atoms with Crippen LogP contribution in [-0.4, -0.2) is 30.9 Å². The van der Waals surface area contributed by atoms with Crippen molar-refractivity contribution in [3.63, 3.8) is 0 Å². The molecule has 0 spiro atoms. The fraction of sp³-hybridized carbons (Fsp3) is 0.182. The zero-order valence-electron chi connectivity index (χ0n) is 14.9. The highest BCUT2D eigenvalue weighted by molar-refractivity contribution is 5.90. The molecule has 0 N–H and O–H groups in total.